The van der Waals surface area contributed by atoms with Crippen LogP contribution in [0.2, 0.25) is 0 Å². The lowest BCUT2D eigenvalue weighted by atomic mass is 9.72. The summed E-state index contributed by atoms with van der Waals surface area (Å²) in [4.78, 5) is 21.2. The van der Waals surface area contributed by atoms with Crippen LogP contribution >= 0.6 is 0 Å². The molecule has 1 aliphatic heterocycles. The highest BCUT2D eigenvalue weighted by Crippen LogP contribution is 2.37. The highest BCUT2D eigenvalue weighted by molar-refractivity contribution is 5.69. The van der Waals surface area contributed by atoms with Gasteiger partial charge in [-0.25, -0.2) is 0 Å². The Labute approximate surface area is 92.6 Å². The molecule has 0 amide bonds. The number of benzene rings is 1. The highest BCUT2D eigenvalue weighted by Gasteiger charge is 2.46. The quantitative estimate of drug-likeness (QED) is 0.778. The van der Waals surface area contributed by atoms with Crippen LogP contribution in [-0.2, 0) is 10.2 Å². The van der Waals surface area contributed by atoms with E-state index in [2.05, 4.69) is 5.29 Å². The van der Waals surface area contributed by atoms with Crippen molar-refractivity contribution >= 4 is 5.97 Å². The van der Waals surface area contributed by atoms with Gasteiger partial charge in [0.2, 0.25) is 0 Å². The fourth-order valence-corrected chi connectivity index (χ4v) is 2.19. The van der Waals surface area contributed by atoms with Gasteiger partial charge in [-0.05, 0) is 5.56 Å². The van der Waals surface area contributed by atoms with Crippen LogP contribution in [0.25, 0.3) is 0 Å². The van der Waals surface area contributed by atoms with Gasteiger partial charge in [0, 0.05) is 5.41 Å². The van der Waals surface area contributed by atoms with E-state index in [9.17, 15) is 9.70 Å². The van der Waals surface area contributed by atoms with E-state index < -0.39 is 11.4 Å². The second-order valence-electron chi connectivity index (χ2n) is 4.12. The van der Waals surface area contributed by atoms with E-state index in [1.165, 1.54) is 5.01 Å². The smallest absolute Gasteiger partial charge is 0.304 e. The van der Waals surface area contributed by atoms with Crippen molar-refractivity contribution in [2.75, 3.05) is 13.1 Å². The predicted octanol–water partition coefficient (Wildman–Crippen LogP) is 1.40. The molecule has 0 spiro atoms. The van der Waals surface area contributed by atoms with Gasteiger partial charge in [0.05, 0.1) is 24.8 Å². The number of rotatable bonds is 4. The Morgan fingerprint density at radius 1 is 1.38 bits per heavy atom. The number of carbonyl (C=O) groups is 1. The van der Waals surface area contributed by atoms with Crippen molar-refractivity contribution < 1.29 is 9.90 Å². The molecule has 0 saturated carbocycles. The van der Waals surface area contributed by atoms with Crippen LogP contribution in [0.3, 0.4) is 0 Å². The summed E-state index contributed by atoms with van der Waals surface area (Å²) < 4.78 is 0. The molecule has 0 radical (unpaired) electrons. The van der Waals surface area contributed by atoms with E-state index in [0.717, 1.165) is 5.56 Å². The van der Waals surface area contributed by atoms with Gasteiger partial charge in [0.25, 0.3) is 0 Å². The lowest BCUT2D eigenvalue weighted by molar-refractivity contribution is -0.140. The largest absolute Gasteiger partial charge is 0.481 e. The highest BCUT2D eigenvalue weighted by atomic mass is 16.4. The average molecular weight is 220 g/mol. The lowest BCUT2D eigenvalue weighted by Crippen LogP contribution is -2.57. The van der Waals surface area contributed by atoms with Crippen molar-refractivity contribution in [2.45, 2.75) is 11.8 Å². The number of carboxylic acids is 1. The summed E-state index contributed by atoms with van der Waals surface area (Å²) in [5.41, 5.74) is 0.498. The second-order valence-corrected chi connectivity index (χ2v) is 4.12. The summed E-state index contributed by atoms with van der Waals surface area (Å²) in [5, 5.41) is 13.1. The van der Waals surface area contributed by atoms with Crippen molar-refractivity contribution in [1.82, 2.24) is 5.01 Å². The van der Waals surface area contributed by atoms with Crippen LogP contribution < -0.4 is 0 Å². The molecule has 84 valence electrons. The molecule has 0 aliphatic carbocycles. The Balaban J connectivity index is 2.23. The number of carboxylic acid groups (broad SMARTS) is 1. The number of aliphatic carboxylic acids is 1. The van der Waals surface area contributed by atoms with Gasteiger partial charge in [0.15, 0.2) is 0 Å². The fraction of sp³-hybridized carbons (Fsp3) is 0.364. The molecule has 1 saturated heterocycles. The maximum Gasteiger partial charge on any atom is 0.304 e. The molecule has 5 nitrogen and oxygen atoms in total. The number of nitrogens with zero attached hydrogens (tertiary/aromatic N) is 2. The molecule has 0 unspecified atom stereocenters. The van der Waals surface area contributed by atoms with E-state index in [4.69, 9.17) is 5.11 Å². The number of nitroso groups, excluding NO2 is 1. The third kappa shape index (κ3) is 1.76. The molecular weight excluding hydrogens is 208 g/mol. The molecule has 0 bridgehead atoms. The summed E-state index contributed by atoms with van der Waals surface area (Å²) in [6.07, 6.45) is 0.0308. The molecule has 1 aromatic carbocycles. The average Bonchev–Trinajstić information content (AvgIpc) is 2.23. The molecule has 5 heteroatoms. The van der Waals surface area contributed by atoms with Crippen molar-refractivity contribution in [3.63, 3.8) is 0 Å². The molecule has 1 heterocycles. The van der Waals surface area contributed by atoms with E-state index in [1.54, 1.807) is 0 Å². The Morgan fingerprint density at radius 3 is 2.50 bits per heavy atom. The third-order valence-electron chi connectivity index (χ3n) is 2.96. The topological polar surface area (TPSA) is 70.0 Å². The SMILES string of the molecule is O=NN1CC(CC(=O)O)(c2ccccc2)C1. The first-order chi connectivity index (χ1) is 7.66. The molecule has 1 aromatic rings. The van der Waals surface area contributed by atoms with Crippen LogP contribution in [0.4, 0.5) is 0 Å². The van der Waals surface area contributed by atoms with Gasteiger partial charge in [-0.2, -0.15) is 0 Å². The second kappa shape index (κ2) is 3.92. The zero-order valence-corrected chi connectivity index (χ0v) is 8.67. The molecule has 0 atom stereocenters. The third-order valence-corrected chi connectivity index (χ3v) is 2.96. The number of hydrogen-bond donors (Lipinski definition) is 1. The van der Waals surface area contributed by atoms with Gasteiger partial charge in [-0.15, -0.1) is 4.91 Å². The Morgan fingerprint density at radius 2 is 2.00 bits per heavy atom. The van der Waals surface area contributed by atoms with E-state index in [-0.39, 0.29) is 6.42 Å². The van der Waals surface area contributed by atoms with Gasteiger partial charge in [-0.3, -0.25) is 9.80 Å². The molecular formula is C11H12N2O3. The minimum Gasteiger partial charge on any atom is -0.481 e. The van der Waals surface area contributed by atoms with Gasteiger partial charge < -0.3 is 5.11 Å². The molecule has 1 aliphatic rings. The maximum absolute atomic E-state index is 10.8. The minimum absolute atomic E-state index is 0.0308. The molecule has 2 rings (SSSR count). The van der Waals surface area contributed by atoms with Crippen LogP contribution in [0.5, 0.6) is 0 Å². The van der Waals surface area contributed by atoms with E-state index >= 15 is 0 Å². The van der Waals surface area contributed by atoms with Gasteiger partial charge in [0.1, 0.15) is 0 Å². The summed E-state index contributed by atoms with van der Waals surface area (Å²) in [6.45, 7) is 0.764. The zero-order chi connectivity index (χ0) is 11.6. The maximum atomic E-state index is 10.8. The standard InChI is InChI=1S/C11H12N2O3/c14-10(15)6-11(7-13(8-11)12-16)9-4-2-1-3-5-9/h1-5H,6-8H2,(H,14,15). The zero-order valence-electron chi connectivity index (χ0n) is 8.67. The van der Waals surface area contributed by atoms with Crippen LogP contribution in [0, 0.1) is 4.91 Å². The molecule has 1 N–H and O–H groups in total. The first-order valence-electron chi connectivity index (χ1n) is 5.02. The summed E-state index contributed by atoms with van der Waals surface area (Å²) >= 11 is 0. The normalized spacial score (nSPS) is 17.6. The molecule has 16 heavy (non-hydrogen) atoms. The van der Waals surface area contributed by atoms with Crippen molar-refractivity contribution in [3.8, 4) is 0 Å². The summed E-state index contributed by atoms with van der Waals surface area (Å²) in [6, 6.07) is 9.41. The Kier molecular flexibility index (Phi) is 2.60. The number of hydrogen-bond acceptors (Lipinski definition) is 3. The fourth-order valence-electron chi connectivity index (χ4n) is 2.19. The van der Waals surface area contributed by atoms with Crippen molar-refractivity contribution in [2.24, 2.45) is 5.29 Å². The lowest BCUT2D eigenvalue weighted by Gasteiger charge is -2.46. The monoisotopic (exact) mass is 220 g/mol. The summed E-state index contributed by atoms with van der Waals surface area (Å²) in [5.74, 6) is -0.852. The summed E-state index contributed by atoms with van der Waals surface area (Å²) in [7, 11) is 0. The first-order valence-corrected chi connectivity index (χ1v) is 5.02. The van der Waals surface area contributed by atoms with Crippen LogP contribution in [0.15, 0.2) is 35.6 Å². The van der Waals surface area contributed by atoms with Crippen molar-refractivity contribution in [1.29, 1.82) is 0 Å². The van der Waals surface area contributed by atoms with Crippen molar-refractivity contribution in [3.05, 3.63) is 40.8 Å². The van der Waals surface area contributed by atoms with Crippen LogP contribution in [-0.4, -0.2) is 29.2 Å². The van der Waals surface area contributed by atoms with Gasteiger partial charge >= 0.3 is 5.97 Å². The first kappa shape index (κ1) is 10.6. The van der Waals surface area contributed by atoms with Gasteiger partial charge in [-0.1, -0.05) is 30.3 Å². The Hall–Kier alpha value is -1.91. The minimum atomic E-state index is -0.852. The Bertz CT molecular complexity index is 399. The van der Waals surface area contributed by atoms with E-state index in [0.29, 0.717) is 13.1 Å². The predicted molar refractivity (Wildman–Crippen MR) is 57.7 cm³/mol. The molecule has 1 fully saturated rings. The molecule has 0 aromatic heterocycles. The van der Waals surface area contributed by atoms with Crippen LogP contribution in [0.1, 0.15) is 12.0 Å². The van der Waals surface area contributed by atoms with E-state index in [1.807, 2.05) is 30.3 Å².